The molecule has 1 atom stereocenters. The second-order valence-corrected chi connectivity index (χ2v) is 2.37. The van der Waals surface area contributed by atoms with E-state index in [0.717, 1.165) is 12.8 Å². The molecule has 1 N–H and O–H groups in total. The predicted octanol–water partition coefficient (Wildman–Crippen LogP) is 1.97. The summed E-state index contributed by atoms with van der Waals surface area (Å²) < 4.78 is 0. The molecule has 0 aromatic rings. The Morgan fingerprint density at radius 2 is 2.22 bits per heavy atom. The van der Waals surface area contributed by atoms with Crippen molar-refractivity contribution in [3.8, 4) is 0 Å². The molecular weight excluding hydrogens is 112 g/mol. The Labute approximate surface area is 57.4 Å². The van der Waals surface area contributed by atoms with Gasteiger partial charge < -0.3 is 5.11 Å². The van der Waals surface area contributed by atoms with Crippen molar-refractivity contribution in [3.05, 3.63) is 12.2 Å². The van der Waals surface area contributed by atoms with Crippen LogP contribution in [0, 0.1) is 5.92 Å². The van der Waals surface area contributed by atoms with Gasteiger partial charge in [0.05, 0.1) is 0 Å². The number of hydrogen-bond acceptors (Lipinski definition) is 1. The van der Waals surface area contributed by atoms with Gasteiger partial charge in [-0.05, 0) is 25.7 Å². The van der Waals surface area contributed by atoms with Gasteiger partial charge in [0.15, 0.2) is 0 Å². The lowest BCUT2D eigenvalue weighted by Crippen LogP contribution is -1.91. The van der Waals surface area contributed by atoms with Crippen LogP contribution in [0.3, 0.4) is 0 Å². The van der Waals surface area contributed by atoms with Crippen LogP contribution in [0.2, 0.25) is 0 Å². The van der Waals surface area contributed by atoms with Crippen molar-refractivity contribution in [2.75, 3.05) is 6.61 Å². The van der Waals surface area contributed by atoms with E-state index in [4.69, 9.17) is 5.11 Å². The molecular formula is C8H16O. The molecule has 1 nitrogen and oxygen atoms in total. The monoisotopic (exact) mass is 128 g/mol. The van der Waals surface area contributed by atoms with E-state index in [1.807, 2.05) is 6.92 Å². The molecule has 9 heavy (non-hydrogen) atoms. The fourth-order valence-electron chi connectivity index (χ4n) is 0.838. The summed E-state index contributed by atoms with van der Waals surface area (Å²) in [6.45, 7) is 4.51. The Bertz CT molecular complexity index is 76.6. The second-order valence-electron chi connectivity index (χ2n) is 2.37. The summed E-state index contributed by atoms with van der Waals surface area (Å²) in [7, 11) is 0. The maximum absolute atomic E-state index is 8.46. The second kappa shape index (κ2) is 5.83. The zero-order chi connectivity index (χ0) is 7.11. The highest BCUT2D eigenvalue weighted by Gasteiger charge is 1.93. The number of aliphatic hydroxyl groups excluding tert-OH is 1. The first-order chi connectivity index (χ1) is 4.31. The van der Waals surface area contributed by atoms with Crippen LogP contribution in [0.1, 0.15) is 26.7 Å². The molecule has 0 amide bonds. The van der Waals surface area contributed by atoms with Crippen molar-refractivity contribution in [1.29, 1.82) is 0 Å². The Hall–Kier alpha value is -0.300. The van der Waals surface area contributed by atoms with E-state index in [1.54, 1.807) is 0 Å². The molecule has 0 spiro atoms. The third-order valence-electron chi connectivity index (χ3n) is 1.34. The topological polar surface area (TPSA) is 20.2 Å². The molecule has 1 heteroatoms. The fraction of sp³-hybridized carbons (Fsp3) is 0.750. The summed E-state index contributed by atoms with van der Waals surface area (Å²) in [6, 6.07) is 0. The zero-order valence-corrected chi connectivity index (χ0v) is 6.30. The maximum Gasteiger partial charge on any atom is 0.0431 e. The van der Waals surface area contributed by atoms with Gasteiger partial charge >= 0.3 is 0 Å². The predicted molar refractivity (Wildman–Crippen MR) is 40.3 cm³/mol. The van der Waals surface area contributed by atoms with Crippen molar-refractivity contribution in [2.45, 2.75) is 26.7 Å². The van der Waals surface area contributed by atoms with E-state index in [-0.39, 0.29) is 0 Å². The molecule has 0 rings (SSSR count). The quantitative estimate of drug-likeness (QED) is 0.574. The van der Waals surface area contributed by atoms with Gasteiger partial charge in [0.2, 0.25) is 0 Å². The van der Waals surface area contributed by atoms with Crippen molar-refractivity contribution in [3.63, 3.8) is 0 Å². The minimum atomic E-state index is 0.321. The smallest absolute Gasteiger partial charge is 0.0431 e. The Balaban J connectivity index is 3.15. The Kier molecular flexibility index (Phi) is 5.64. The summed E-state index contributed by atoms with van der Waals surface area (Å²) in [5, 5.41) is 8.46. The van der Waals surface area contributed by atoms with E-state index in [1.165, 1.54) is 0 Å². The van der Waals surface area contributed by atoms with Gasteiger partial charge in [-0.2, -0.15) is 0 Å². The largest absolute Gasteiger partial charge is 0.396 e. The lowest BCUT2D eigenvalue weighted by Gasteiger charge is -2.01. The maximum atomic E-state index is 8.46. The average Bonchev–Trinajstić information content (AvgIpc) is 1.85. The van der Waals surface area contributed by atoms with Crippen LogP contribution < -0.4 is 0 Å². The molecule has 0 radical (unpaired) electrons. The van der Waals surface area contributed by atoms with Gasteiger partial charge in [-0.1, -0.05) is 19.1 Å². The van der Waals surface area contributed by atoms with E-state index >= 15 is 0 Å². The van der Waals surface area contributed by atoms with Crippen LogP contribution >= 0.6 is 0 Å². The van der Waals surface area contributed by atoms with Crippen LogP contribution in [0.5, 0.6) is 0 Å². The number of allylic oxidation sites excluding steroid dienone is 2. The van der Waals surface area contributed by atoms with Gasteiger partial charge in [0, 0.05) is 6.61 Å². The number of rotatable bonds is 4. The first-order valence-corrected chi connectivity index (χ1v) is 3.55. The van der Waals surface area contributed by atoms with Crippen molar-refractivity contribution >= 4 is 0 Å². The van der Waals surface area contributed by atoms with Gasteiger partial charge in [-0.3, -0.25) is 0 Å². The molecule has 0 aliphatic rings. The van der Waals surface area contributed by atoms with Crippen molar-refractivity contribution in [2.24, 2.45) is 5.92 Å². The average molecular weight is 128 g/mol. The van der Waals surface area contributed by atoms with Gasteiger partial charge in [-0.15, -0.1) is 0 Å². The first-order valence-electron chi connectivity index (χ1n) is 3.55. The van der Waals surface area contributed by atoms with Crippen LogP contribution in [0.25, 0.3) is 0 Å². The van der Waals surface area contributed by atoms with Gasteiger partial charge in [0.1, 0.15) is 0 Å². The molecule has 1 unspecified atom stereocenters. The molecule has 0 saturated carbocycles. The number of hydrogen-bond donors (Lipinski definition) is 1. The van der Waals surface area contributed by atoms with Crippen LogP contribution in [0.4, 0.5) is 0 Å². The minimum absolute atomic E-state index is 0.321. The van der Waals surface area contributed by atoms with Crippen molar-refractivity contribution < 1.29 is 5.11 Å². The highest BCUT2D eigenvalue weighted by atomic mass is 16.2. The van der Waals surface area contributed by atoms with E-state index in [2.05, 4.69) is 19.1 Å². The SMILES string of the molecule is C/C=C/C(C)CCCO. The standard InChI is InChI=1S/C8H16O/c1-3-5-8(2)6-4-7-9/h3,5,8-9H,4,6-7H2,1-2H3/b5-3+. The molecule has 0 saturated heterocycles. The van der Waals surface area contributed by atoms with Gasteiger partial charge in [0.25, 0.3) is 0 Å². The molecule has 0 heterocycles. The highest BCUT2D eigenvalue weighted by Crippen LogP contribution is 2.05. The van der Waals surface area contributed by atoms with E-state index in [0.29, 0.717) is 12.5 Å². The summed E-state index contributed by atoms with van der Waals surface area (Å²) in [6.07, 6.45) is 6.24. The molecule has 54 valence electrons. The third-order valence-corrected chi connectivity index (χ3v) is 1.34. The molecule has 0 aliphatic carbocycles. The van der Waals surface area contributed by atoms with E-state index in [9.17, 15) is 0 Å². The summed E-state index contributed by atoms with van der Waals surface area (Å²) in [5.74, 6) is 0.627. The fourth-order valence-corrected chi connectivity index (χ4v) is 0.838. The van der Waals surface area contributed by atoms with Crippen LogP contribution in [-0.4, -0.2) is 11.7 Å². The molecule has 0 aromatic carbocycles. The van der Waals surface area contributed by atoms with Crippen LogP contribution in [0.15, 0.2) is 12.2 Å². The Morgan fingerprint density at radius 3 is 2.67 bits per heavy atom. The summed E-state index contributed by atoms with van der Waals surface area (Å²) in [5.41, 5.74) is 0. The molecule has 0 aromatic heterocycles. The number of aliphatic hydroxyl groups is 1. The summed E-state index contributed by atoms with van der Waals surface area (Å²) >= 11 is 0. The van der Waals surface area contributed by atoms with Gasteiger partial charge in [-0.25, -0.2) is 0 Å². The Morgan fingerprint density at radius 1 is 1.56 bits per heavy atom. The molecule has 0 aliphatic heterocycles. The minimum Gasteiger partial charge on any atom is -0.396 e. The van der Waals surface area contributed by atoms with Crippen LogP contribution in [-0.2, 0) is 0 Å². The third kappa shape index (κ3) is 5.57. The lowest BCUT2D eigenvalue weighted by atomic mass is 10.1. The highest BCUT2D eigenvalue weighted by molar-refractivity contribution is 4.82. The van der Waals surface area contributed by atoms with E-state index < -0.39 is 0 Å². The normalized spacial score (nSPS) is 14.6. The van der Waals surface area contributed by atoms with Crippen molar-refractivity contribution in [1.82, 2.24) is 0 Å². The molecule has 0 fully saturated rings. The zero-order valence-electron chi connectivity index (χ0n) is 6.30. The lowest BCUT2D eigenvalue weighted by molar-refractivity contribution is 0.279. The summed E-state index contributed by atoms with van der Waals surface area (Å²) in [4.78, 5) is 0. The first kappa shape index (κ1) is 8.70. The molecule has 0 bridgehead atoms.